The second-order valence-electron chi connectivity index (χ2n) is 6.21. The number of benzene rings is 1. The van der Waals surface area contributed by atoms with Crippen LogP contribution >= 0.6 is 11.6 Å². The van der Waals surface area contributed by atoms with Crippen LogP contribution in [-0.2, 0) is 24.3 Å². The zero-order valence-electron chi connectivity index (χ0n) is 13.9. The van der Waals surface area contributed by atoms with E-state index in [1.54, 1.807) is 10.9 Å². The average molecular weight is 356 g/mol. The molecule has 1 aliphatic rings. The second-order valence-corrected chi connectivity index (χ2v) is 6.65. The second kappa shape index (κ2) is 6.37. The Kier molecular flexibility index (Phi) is 4.05. The van der Waals surface area contributed by atoms with Crippen LogP contribution in [0.25, 0.3) is 11.4 Å². The van der Waals surface area contributed by atoms with Crippen molar-refractivity contribution in [2.45, 2.75) is 26.4 Å². The van der Waals surface area contributed by atoms with Gasteiger partial charge in [-0.1, -0.05) is 11.6 Å². The van der Waals surface area contributed by atoms with Gasteiger partial charge in [0.2, 0.25) is 5.91 Å². The number of rotatable bonds is 3. The molecule has 0 saturated heterocycles. The lowest BCUT2D eigenvalue weighted by atomic mass is 10.1. The maximum atomic E-state index is 12.6. The van der Waals surface area contributed by atoms with Crippen molar-refractivity contribution in [2.75, 3.05) is 6.54 Å². The van der Waals surface area contributed by atoms with Crippen LogP contribution in [-0.4, -0.2) is 37.1 Å². The molecule has 1 amide bonds. The van der Waals surface area contributed by atoms with Gasteiger partial charge in [0.25, 0.3) is 0 Å². The highest BCUT2D eigenvalue weighted by Gasteiger charge is 2.24. The van der Waals surface area contributed by atoms with Crippen molar-refractivity contribution in [1.82, 2.24) is 24.6 Å². The molecule has 6 nitrogen and oxygen atoms in total. The molecule has 0 radical (unpaired) electrons. The molecule has 0 unspecified atom stereocenters. The number of nitrogens with zero attached hydrogens (tertiary/aromatic N) is 4. The first kappa shape index (κ1) is 15.9. The lowest BCUT2D eigenvalue weighted by molar-refractivity contribution is -0.133. The third-order valence-electron chi connectivity index (χ3n) is 4.52. The summed E-state index contributed by atoms with van der Waals surface area (Å²) in [4.78, 5) is 22.4. The Morgan fingerprint density at radius 1 is 1.28 bits per heavy atom. The molecule has 1 aliphatic heterocycles. The molecular formula is C18H18ClN5O. The van der Waals surface area contributed by atoms with E-state index in [2.05, 4.69) is 15.1 Å². The van der Waals surface area contributed by atoms with Crippen LogP contribution < -0.4 is 0 Å². The first-order valence-corrected chi connectivity index (χ1v) is 8.58. The zero-order chi connectivity index (χ0) is 17.4. The van der Waals surface area contributed by atoms with Gasteiger partial charge in [-0.3, -0.25) is 9.48 Å². The number of H-pyrrole nitrogens is 1. The molecular weight excluding hydrogens is 338 g/mol. The van der Waals surface area contributed by atoms with Crippen LogP contribution in [0.4, 0.5) is 0 Å². The topological polar surface area (TPSA) is 66.8 Å². The van der Waals surface area contributed by atoms with Gasteiger partial charge < -0.3 is 9.88 Å². The molecule has 0 bridgehead atoms. The predicted molar refractivity (Wildman–Crippen MR) is 95.1 cm³/mol. The van der Waals surface area contributed by atoms with Gasteiger partial charge in [-0.2, -0.15) is 5.10 Å². The molecule has 3 heterocycles. The van der Waals surface area contributed by atoms with Crippen LogP contribution in [0.1, 0.15) is 17.1 Å². The summed E-state index contributed by atoms with van der Waals surface area (Å²) in [6.45, 7) is 3.44. The van der Waals surface area contributed by atoms with E-state index in [1.165, 1.54) is 0 Å². The highest BCUT2D eigenvalue weighted by atomic mass is 35.5. The van der Waals surface area contributed by atoms with Crippen molar-refractivity contribution in [1.29, 1.82) is 0 Å². The van der Waals surface area contributed by atoms with Crippen molar-refractivity contribution in [3.05, 3.63) is 58.6 Å². The van der Waals surface area contributed by atoms with Gasteiger partial charge in [0.15, 0.2) is 0 Å². The molecule has 0 saturated carbocycles. The van der Waals surface area contributed by atoms with Crippen molar-refractivity contribution >= 4 is 17.5 Å². The summed E-state index contributed by atoms with van der Waals surface area (Å²) in [5, 5.41) is 4.88. The summed E-state index contributed by atoms with van der Waals surface area (Å²) in [5.74, 6) is 0.888. The first-order chi connectivity index (χ1) is 12.1. The Bertz CT molecular complexity index is 912. The molecule has 0 spiro atoms. The monoisotopic (exact) mass is 355 g/mol. The lowest BCUT2D eigenvalue weighted by Crippen LogP contribution is -2.38. The Labute approximate surface area is 150 Å². The summed E-state index contributed by atoms with van der Waals surface area (Å²) in [5.41, 5.74) is 4.01. The number of aryl methyl sites for hydroxylation is 1. The van der Waals surface area contributed by atoms with Crippen molar-refractivity contribution < 1.29 is 4.79 Å². The molecule has 25 heavy (non-hydrogen) atoms. The van der Waals surface area contributed by atoms with Crippen LogP contribution in [0, 0.1) is 6.92 Å². The molecule has 0 atom stereocenters. The van der Waals surface area contributed by atoms with E-state index in [-0.39, 0.29) is 12.5 Å². The minimum Gasteiger partial charge on any atom is -0.340 e. The molecule has 1 N–H and O–H groups in total. The number of imidazole rings is 1. The Hall–Kier alpha value is -2.60. The average Bonchev–Trinajstić information content (AvgIpc) is 3.21. The van der Waals surface area contributed by atoms with Gasteiger partial charge in [-0.05, 0) is 37.3 Å². The largest absolute Gasteiger partial charge is 0.340 e. The van der Waals surface area contributed by atoms with Crippen molar-refractivity contribution in [2.24, 2.45) is 0 Å². The van der Waals surface area contributed by atoms with Gasteiger partial charge in [0.1, 0.15) is 12.4 Å². The summed E-state index contributed by atoms with van der Waals surface area (Å²) in [6, 6.07) is 9.47. The number of aromatic nitrogens is 4. The fourth-order valence-electron chi connectivity index (χ4n) is 3.04. The van der Waals surface area contributed by atoms with Crippen LogP contribution in [0.15, 0.2) is 36.5 Å². The molecule has 1 aromatic carbocycles. The maximum absolute atomic E-state index is 12.6. The fourth-order valence-corrected chi connectivity index (χ4v) is 3.17. The van der Waals surface area contributed by atoms with Crippen molar-refractivity contribution in [3.63, 3.8) is 0 Å². The number of carbonyl (C=O) groups is 1. The highest BCUT2D eigenvalue weighted by Crippen LogP contribution is 2.24. The number of hydrogen-bond donors (Lipinski definition) is 1. The number of fused-ring (bicyclic) bond motifs is 1. The third kappa shape index (κ3) is 3.17. The molecule has 128 valence electrons. The predicted octanol–water partition coefficient (Wildman–Crippen LogP) is 2.82. The summed E-state index contributed by atoms with van der Waals surface area (Å²) in [7, 11) is 0. The smallest absolute Gasteiger partial charge is 0.244 e. The molecule has 4 rings (SSSR count). The number of carbonyl (C=O) groups excluding carboxylic acids is 1. The molecule has 7 heteroatoms. The lowest BCUT2D eigenvalue weighted by Gasteiger charge is -2.26. The Balaban J connectivity index is 1.50. The number of aromatic amines is 1. The Morgan fingerprint density at radius 3 is 2.80 bits per heavy atom. The molecule has 3 aromatic rings. The van der Waals surface area contributed by atoms with E-state index in [9.17, 15) is 4.79 Å². The van der Waals surface area contributed by atoms with E-state index in [1.807, 2.05) is 42.2 Å². The standard InChI is InChI=1S/C18H18ClN5O/c1-12-6-8-20-24(12)11-17(25)23-9-7-15-16(10-23)22-18(21-15)13-2-4-14(19)5-3-13/h2-6,8H,7,9-11H2,1H3,(H,21,22). The summed E-state index contributed by atoms with van der Waals surface area (Å²) >= 11 is 5.94. The van der Waals surface area contributed by atoms with E-state index >= 15 is 0 Å². The first-order valence-electron chi connectivity index (χ1n) is 8.20. The van der Waals surface area contributed by atoms with Gasteiger partial charge in [0, 0.05) is 35.4 Å². The normalized spacial score (nSPS) is 13.8. The van der Waals surface area contributed by atoms with Crippen molar-refractivity contribution in [3.8, 4) is 11.4 Å². The van der Waals surface area contributed by atoms with Gasteiger partial charge in [-0.25, -0.2) is 4.98 Å². The number of amides is 1. The number of halogens is 1. The third-order valence-corrected chi connectivity index (χ3v) is 4.77. The minimum absolute atomic E-state index is 0.0695. The minimum atomic E-state index is 0.0695. The maximum Gasteiger partial charge on any atom is 0.244 e. The number of hydrogen-bond acceptors (Lipinski definition) is 3. The molecule has 0 aliphatic carbocycles. The summed E-state index contributed by atoms with van der Waals surface area (Å²) < 4.78 is 1.73. The van der Waals surface area contributed by atoms with Crippen LogP contribution in [0.5, 0.6) is 0 Å². The fraction of sp³-hybridized carbons (Fsp3) is 0.278. The van der Waals surface area contributed by atoms with E-state index < -0.39 is 0 Å². The van der Waals surface area contributed by atoms with Crippen LogP contribution in [0.3, 0.4) is 0 Å². The SMILES string of the molecule is Cc1ccnn1CC(=O)N1CCc2nc(-c3ccc(Cl)cc3)[nH]c2C1. The van der Waals surface area contributed by atoms with Gasteiger partial charge in [0.05, 0.1) is 17.9 Å². The summed E-state index contributed by atoms with van der Waals surface area (Å²) in [6.07, 6.45) is 2.47. The van der Waals surface area contributed by atoms with E-state index in [0.717, 1.165) is 34.9 Å². The van der Waals surface area contributed by atoms with Crippen LogP contribution in [0.2, 0.25) is 5.02 Å². The quantitative estimate of drug-likeness (QED) is 0.785. The zero-order valence-corrected chi connectivity index (χ0v) is 14.6. The van der Waals surface area contributed by atoms with E-state index in [4.69, 9.17) is 11.6 Å². The van der Waals surface area contributed by atoms with Gasteiger partial charge >= 0.3 is 0 Å². The van der Waals surface area contributed by atoms with E-state index in [0.29, 0.717) is 18.1 Å². The molecule has 2 aromatic heterocycles. The van der Waals surface area contributed by atoms with Gasteiger partial charge in [-0.15, -0.1) is 0 Å². The highest BCUT2D eigenvalue weighted by molar-refractivity contribution is 6.30. The molecule has 0 fully saturated rings. The number of nitrogens with one attached hydrogen (secondary N) is 1. The Morgan fingerprint density at radius 2 is 2.08 bits per heavy atom.